The number of ketones is 2. The van der Waals surface area contributed by atoms with E-state index in [-0.39, 0.29) is 34.2 Å². The number of methoxy groups -OCH3 is 4. The molecule has 6 aromatic carbocycles. The first-order valence-corrected chi connectivity index (χ1v) is 18.2. The predicted octanol–water partition coefficient (Wildman–Crippen LogP) is 9.09. The molecule has 6 rings (SSSR count). The Labute approximate surface area is 309 Å². The molecular weight excluding hydrogens is 689 g/mol. The highest BCUT2D eigenvalue weighted by atomic mass is 32.3. The van der Waals surface area contributed by atoms with Crippen molar-refractivity contribution < 1.29 is 38.1 Å². The maximum Gasteiger partial charge on any atom is 0.221 e. The van der Waals surface area contributed by atoms with Gasteiger partial charge in [0.15, 0.2) is 11.6 Å². The molecule has 0 radical (unpaired) electrons. The molecule has 0 N–H and O–H groups in total. The van der Waals surface area contributed by atoms with Crippen LogP contribution in [0.2, 0.25) is 0 Å². The first kappa shape index (κ1) is 36.3. The van der Waals surface area contributed by atoms with E-state index >= 15 is 9.59 Å². The average Bonchev–Trinajstić information content (AvgIpc) is 3.23. The SMILES string of the molecule is COc1ccccc1C(=O)c1ccc(S(C(=O)c2ccccc2OC)(C(=O)c2ccccc2OC)c2ccc(C(=O)c3ccccc3OC)cc2)cc1. The van der Waals surface area contributed by atoms with Crippen LogP contribution in [0.4, 0.5) is 0 Å². The maximum absolute atomic E-state index is 15.4. The van der Waals surface area contributed by atoms with Gasteiger partial charge in [-0.25, -0.2) is 0 Å². The van der Waals surface area contributed by atoms with Crippen LogP contribution in [-0.2, 0) is 0 Å². The predicted molar refractivity (Wildman–Crippen MR) is 205 cm³/mol. The fraction of sp³-hybridized carbons (Fsp3) is 0.0909. The first-order chi connectivity index (χ1) is 25.8. The monoisotopic (exact) mass is 724 g/mol. The zero-order valence-electron chi connectivity index (χ0n) is 29.5. The molecule has 0 aliphatic heterocycles. The Morgan fingerprint density at radius 2 is 0.623 bits per heavy atom. The number of hydrogen-bond acceptors (Lipinski definition) is 8. The third kappa shape index (κ3) is 6.70. The van der Waals surface area contributed by atoms with Crippen molar-refractivity contribution in [3.63, 3.8) is 0 Å². The fourth-order valence-electron chi connectivity index (χ4n) is 6.20. The van der Waals surface area contributed by atoms with Crippen molar-refractivity contribution in [3.8, 4) is 23.0 Å². The summed E-state index contributed by atoms with van der Waals surface area (Å²) in [4.78, 5) is 59.0. The molecule has 0 amide bonds. The van der Waals surface area contributed by atoms with Crippen LogP contribution in [0.5, 0.6) is 23.0 Å². The smallest absolute Gasteiger partial charge is 0.221 e. The molecule has 0 fully saturated rings. The van der Waals surface area contributed by atoms with Crippen molar-refractivity contribution in [1.29, 1.82) is 0 Å². The second-order valence-electron chi connectivity index (χ2n) is 11.7. The van der Waals surface area contributed by atoms with Gasteiger partial charge in [0.25, 0.3) is 0 Å². The molecule has 8 nitrogen and oxygen atoms in total. The second kappa shape index (κ2) is 15.8. The fourth-order valence-corrected chi connectivity index (χ4v) is 9.58. The summed E-state index contributed by atoms with van der Waals surface area (Å²) in [6, 6.07) is 40.3. The maximum atomic E-state index is 15.4. The van der Waals surface area contributed by atoms with Crippen LogP contribution in [0.3, 0.4) is 0 Å². The molecule has 0 aliphatic rings. The molecule has 266 valence electrons. The van der Waals surface area contributed by atoms with E-state index < -0.39 is 20.3 Å². The third-order valence-corrected chi connectivity index (χ3v) is 12.4. The number of rotatable bonds is 12. The Bertz CT molecular complexity index is 2150. The van der Waals surface area contributed by atoms with Gasteiger partial charge < -0.3 is 18.9 Å². The van der Waals surface area contributed by atoms with Gasteiger partial charge in [-0.2, -0.15) is 0 Å². The van der Waals surface area contributed by atoms with Crippen molar-refractivity contribution in [1.82, 2.24) is 0 Å². The third-order valence-electron chi connectivity index (χ3n) is 8.85. The molecule has 0 heterocycles. The quantitative estimate of drug-likeness (QED) is 0.115. The highest BCUT2D eigenvalue weighted by molar-refractivity contribution is 8.56. The molecule has 0 atom stereocenters. The summed E-state index contributed by atoms with van der Waals surface area (Å²) < 4.78 is 22.2. The highest BCUT2D eigenvalue weighted by Gasteiger charge is 2.46. The summed E-state index contributed by atoms with van der Waals surface area (Å²) in [5.41, 5.74) is 1.78. The summed E-state index contributed by atoms with van der Waals surface area (Å²) in [6.07, 6.45) is 0. The molecule has 0 spiro atoms. The number of hydrogen-bond donors (Lipinski definition) is 0. The molecular formula is C44H36O8S. The van der Waals surface area contributed by atoms with Crippen LogP contribution < -0.4 is 18.9 Å². The lowest BCUT2D eigenvalue weighted by atomic mass is 10.0. The van der Waals surface area contributed by atoms with Gasteiger partial charge in [0, 0.05) is 20.9 Å². The number of carbonyl (C=O) groups is 4. The van der Waals surface area contributed by atoms with Crippen LogP contribution in [0, 0.1) is 0 Å². The van der Waals surface area contributed by atoms with E-state index in [1.165, 1.54) is 28.4 Å². The standard InChI is InChI=1S/C44H36O8S/c1-49-37-17-9-5-13-33(37)41(45)29-21-25-31(26-22-29)53(43(47)35-15-7-11-19-39(35)51-3,44(48)36-16-8-12-20-40(36)52-4)32-27-23-30(24-28-32)42(46)34-14-6-10-18-38(34)50-2/h5-28H,1-4H3. The Morgan fingerprint density at radius 3 is 0.925 bits per heavy atom. The zero-order valence-corrected chi connectivity index (χ0v) is 30.3. The minimum atomic E-state index is -3.43. The van der Waals surface area contributed by atoms with Crippen molar-refractivity contribution in [3.05, 3.63) is 179 Å². The Morgan fingerprint density at radius 1 is 0.358 bits per heavy atom. The van der Waals surface area contributed by atoms with Crippen molar-refractivity contribution in [2.75, 3.05) is 28.4 Å². The van der Waals surface area contributed by atoms with Crippen molar-refractivity contribution in [2.24, 2.45) is 0 Å². The van der Waals surface area contributed by atoms with Gasteiger partial charge >= 0.3 is 0 Å². The number of ether oxygens (including phenoxy) is 4. The topological polar surface area (TPSA) is 105 Å². The Hall–Kier alpha value is -6.45. The van der Waals surface area contributed by atoms with Gasteiger partial charge in [-0.3, -0.25) is 19.2 Å². The molecule has 0 aromatic heterocycles. The molecule has 0 unspecified atom stereocenters. The van der Waals surface area contributed by atoms with Crippen LogP contribution in [0.1, 0.15) is 52.6 Å². The van der Waals surface area contributed by atoms with Crippen molar-refractivity contribution in [2.45, 2.75) is 9.79 Å². The average molecular weight is 725 g/mol. The zero-order chi connectivity index (χ0) is 37.5. The molecule has 0 aliphatic carbocycles. The van der Waals surface area contributed by atoms with E-state index in [0.29, 0.717) is 43.5 Å². The molecule has 53 heavy (non-hydrogen) atoms. The molecule has 0 bridgehead atoms. The summed E-state index contributed by atoms with van der Waals surface area (Å²) >= 11 is 0. The minimum Gasteiger partial charge on any atom is -0.496 e. The van der Waals surface area contributed by atoms with Crippen LogP contribution >= 0.6 is 10.0 Å². The van der Waals surface area contributed by atoms with E-state index in [9.17, 15) is 9.59 Å². The van der Waals surface area contributed by atoms with E-state index in [1.807, 2.05) is 0 Å². The van der Waals surface area contributed by atoms with Gasteiger partial charge in [-0.05, 0) is 97.1 Å². The van der Waals surface area contributed by atoms with E-state index in [2.05, 4.69) is 0 Å². The van der Waals surface area contributed by atoms with Gasteiger partial charge in [0.2, 0.25) is 10.2 Å². The summed E-state index contributed by atoms with van der Waals surface area (Å²) in [6.45, 7) is 0. The van der Waals surface area contributed by atoms with Gasteiger partial charge in [0.1, 0.15) is 23.0 Å². The molecule has 6 aromatic rings. The first-order valence-electron chi connectivity index (χ1n) is 16.5. The van der Waals surface area contributed by atoms with E-state index in [4.69, 9.17) is 18.9 Å². The lowest BCUT2D eigenvalue weighted by Crippen LogP contribution is -2.24. The number of benzene rings is 6. The largest absolute Gasteiger partial charge is 0.496 e. The Kier molecular flexibility index (Phi) is 10.9. The van der Waals surface area contributed by atoms with Gasteiger partial charge in [-0.15, -0.1) is 0 Å². The molecule has 0 saturated heterocycles. The number of para-hydroxylation sites is 4. The summed E-state index contributed by atoms with van der Waals surface area (Å²) in [5.74, 6) is 0.826. The van der Waals surface area contributed by atoms with E-state index in [0.717, 1.165) is 0 Å². The van der Waals surface area contributed by atoms with Crippen LogP contribution in [-0.4, -0.2) is 50.2 Å². The molecule has 9 heteroatoms. The lowest BCUT2D eigenvalue weighted by Gasteiger charge is -2.38. The number of carbonyl (C=O) groups excluding carboxylic acids is 4. The Balaban J connectivity index is 1.60. The van der Waals surface area contributed by atoms with E-state index in [1.54, 1.807) is 146 Å². The summed E-state index contributed by atoms with van der Waals surface area (Å²) in [7, 11) is 2.48. The van der Waals surface area contributed by atoms with Crippen molar-refractivity contribution >= 4 is 31.8 Å². The second-order valence-corrected chi connectivity index (χ2v) is 14.6. The van der Waals surface area contributed by atoms with Gasteiger partial charge in [-0.1, -0.05) is 58.6 Å². The normalized spacial score (nSPS) is 11.2. The van der Waals surface area contributed by atoms with Crippen LogP contribution in [0.25, 0.3) is 0 Å². The lowest BCUT2D eigenvalue weighted by molar-refractivity contribution is 0.102. The van der Waals surface area contributed by atoms with Crippen LogP contribution in [0.15, 0.2) is 155 Å². The molecule has 0 saturated carbocycles. The van der Waals surface area contributed by atoms with Gasteiger partial charge in [0.05, 0.1) is 50.7 Å². The summed E-state index contributed by atoms with van der Waals surface area (Å²) in [5, 5.41) is -1.00. The highest BCUT2D eigenvalue weighted by Crippen LogP contribution is 2.67. The minimum absolute atomic E-state index is 0.191.